The Kier molecular flexibility index (Phi) is 3.39. The first-order chi connectivity index (χ1) is 8.78. The smallest absolute Gasteiger partial charge is 0.264 e. The molecule has 1 aromatic heterocycles. The Labute approximate surface area is 112 Å². The van der Waals surface area contributed by atoms with Gasteiger partial charge in [0.25, 0.3) is 5.91 Å². The molecule has 3 rings (SSSR count). The molecule has 0 saturated carbocycles. The van der Waals surface area contributed by atoms with Crippen LogP contribution in [0.15, 0.2) is 17.5 Å². The van der Waals surface area contributed by atoms with E-state index >= 15 is 0 Å². The highest BCUT2D eigenvalue weighted by molar-refractivity contribution is 7.12. The summed E-state index contributed by atoms with van der Waals surface area (Å²) >= 11 is 1.55. The lowest BCUT2D eigenvalue weighted by molar-refractivity contribution is 0.0636. The van der Waals surface area contributed by atoms with E-state index in [1.165, 1.54) is 12.8 Å². The highest BCUT2D eigenvalue weighted by atomic mass is 32.1. The topological polar surface area (TPSA) is 32.3 Å². The molecule has 98 valence electrons. The maximum atomic E-state index is 12.5. The summed E-state index contributed by atoms with van der Waals surface area (Å²) < 4.78 is 0. The second kappa shape index (κ2) is 5.02. The van der Waals surface area contributed by atoms with Crippen LogP contribution in [0.1, 0.15) is 42.3 Å². The van der Waals surface area contributed by atoms with Crippen LogP contribution in [0.2, 0.25) is 0 Å². The van der Waals surface area contributed by atoms with E-state index in [0.29, 0.717) is 18.1 Å². The molecule has 3 nitrogen and oxygen atoms in total. The van der Waals surface area contributed by atoms with E-state index in [2.05, 4.69) is 17.1 Å². The first kappa shape index (κ1) is 12.2. The van der Waals surface area contributed by atoms with Crippen LogP contribution in [0.3, 0.4) is 0 Å². The van der Waals surface area contributed by atoms with Crippen LogP contribution in [0.25, 0.3) is 0 Å². The van der Waals surface area contributed by atoms with Crippen molar-refractivity contribution in [3.8, 4) is 0 Å². The fraction of sp³-hybridized carbons (Fsp3) is 0.643. The van der Waals surface area contributed by atoms with Crippen molar-refractivity contribution < 1.29 is 4.79 Å². The van der Waals surface area contributed by atoms with Crippen LogP contribution in [-0.4, -0.2) is 35.5 Å². The fourth-order valence-electron chi connectivity index (χ4n) is 3.39. The molecule has 0 radical (unpaired) electrons. The average molecular weight is 264 g/mol. The Balaban J connectivity index is 1.74. The van der Waals surface area contributed by atoms with Crippen LogP contribution in [0.4, 0.5) is 0 Å². The number of piperidine rings is 1. The van der Waals surface area contributed by atoms with E-state index < -0.39 is 0 Å². The number of rotatable bonds is 3. The number of carbonyl (C=O) groups excluding carboxylic acids is 1. The number of fused-ring (bicyclic) bond motifs is 2. The third-order valence-corrected chi connectivity index (χ3v) is 5.08. The first-order valence-corrected chi connectivity index (χ1v) is 7.76. The number of thiophene rings is 1. The van der Waals surface area contributed by atoms with E-state index in [1.807, 2.05) is 17.5 Å². The average Bonchev–Trinajstić information content (AvgIpc) is 3.00. The van der Waals surface area contributed by atoms with Crippen LogP contribution in [-0.2, 0) is 0 Å². The van der Waals surface area contributed by atoms with Gasteiger partial charge in [0.1, 0.15) is 0 Å². The van der Waals surface area contributed by atoms with Gasteiger partial charge in [0.2, 0.25) is 0 Å². The van der Waals surface area contributed by atoms with Gasteiger partial charge in [0, 0.05) is 24.7 Å². The molecule has 2 fully saturated rings. The maximum Gasteiger partial charge on any atom is 0.264 e. The Morgan fingerprint density at radius 1 is 1.44 bits per heavy atom. The van der Waals surface area contributed by atoms with Gasteiger partial charge < -0.3 is 10.2 Å². The Hall–Kier alpha value is -0.870. The molecule has 2 aliphatic heterocycles. The van der Waals surface area contributed by atoms with Crippen molar-refractivity contribution >= 4 is 17.2 Å². The van der Waals surface area contributed by atoms with Crippen LogP contribution in [0, 0.1) is 0 Å². The predicted molar refractivity (Wildman–Crippen MR) is 74.0 cm³/mol. The lowest BCUT2D eigenvalue weighted by Crippen LogP contribution is -2.50. The van der Waals surface area contributed by atoms with Gasteiger partial charge in [-0.3, -0.25) is 4.79 Å². The quantitative estimate of drug-likeness (QED) is 0.909. The molecular weight excluding hydrogens is 244 g/mol. The van der Waals surface area contributed by atoms with E-state index in [4.69, 9.17) is 0 Å². The molecule has 0 aliphatic carbocycles. The van der Waals surface area contributed by atoms with Crippen molar-refractivity contribution in [2.75, 3.05) is 6.54 Å². The maximum absolute atomic E-state index is 12.5. The molecule has 1 amide bonds. The van der Waals surface area contributed by atoms with Crippen molar-refractivity contribution in [1.29, 1.82) is 0 Å². The molecule has 2 bridgehead atoms. The predicted octanol–water partition coefficient (Wildman–Crippen LogP) is 2.49. The standard InChI is InChI=1S/C14H20N2OS/c1-2-16(14(17)13-4-3-7-18-13)12-8-10-5-6-11(9-12)15-10/h3-4,7,10-12,15H,2,5-6,8-9H2,1H3. The molecule has 1 aromatic rings. The minimum absolute atomic E-state index is 0.221. The lowest BCUT2D eigenvalue weighted by atomic mass is 9.98. The van der Waals surface area contributed by atoms with E-state index in [1.54, 1.807) is 11.3 Å². The highest BCUT2D eigenvalue weighted by Crippen LogP contribution is 2.30. The molecule has 3 heterocycles. The van der Waals surface area contributed by atoms with Gasteiger partial charge >= 0.3 is 0 Å². The largest absolute Gasteiger partial charge is 0.335 e. The zero-order chi connectivity index (χ0) is 12.5. The zero-order valence-electron chi connectivity index (χ0n) is 10.8. The summed E-state index contributed by atoms with van der Waals surface area (Å²) in [4.78, 5) is 15.4. The van der Waals surface area contributed by atoms with Gasteiger partial charge in [-0.2, -0.15) is 0 Å². The third kappa shape index (κ3) is 2.19. The molecule has 4 heteroatoms. The molecule has 18 heavy (non-hydrogen) atoms. The Morgan fingerprint density at radius 3 is 2.72 bits per heavy atom. The lowest BCUT2D eigenvalue weighted by Gasteiger charge is -2.37. The van der Waals surface area contributed by atoms with Crippen molar-refractivity contribution in [2.24, 2.45) is 0 Å². The number of nitrogens with zero attached hydrogens (tertiary/aromatic N) is 1. The number of amides is 1. The van der Waals surface area contributed by atoms with Crippen molar-refractivity contribution in [2.45, 2.75) is 50.7 Å². The molecule has 2 atom stereocenters. The summed E-state index contributed by atoms with van der Waals surface area (Å²) in [5, 5.41) is 5.62. The van der Waals surface area contributed by atoms with Gasteiger partial charge in [-0.1, -0.05) is 6.07 Å². The summed E-state index contributed by atoms with van der Waals surface area (Å²) in [7, 11) is 0. The van der Waals surface area contributed by atoms with Crippen molar-refractivity contribution in [3.63, 3.8) is 0 Å². The van der Waals surface area contributed by atoms with Crippen LogP contribution >= 0.6 is 11.3 Å². The normalized spacial score (nSPS) is 30.4. The van der Waals surface area contributed by atoms with Gasteiger partial charge in [-0.05, 0) is 44.1 Å². The monoisotopic (exact) mass is 264 g/mol. The second-order valence-electron chi connectivity index (χ2n) is 5.33. The molecule has 0 aromatic carbocycles. The molecule has 2 unspecified atom stereocenters. The van der Waals surface area contributed by atoms with E-state index in [9.17, 15) is 4.79 Å². The third-order valence-electron chi connectivity index (χ3n) is 4.22. The van der Waals surface area contributed by atoms with Crippen LogP contribution in [0.5, 0.6) is 0 Å². The number of hydrogen-bond donors (Lipinski definition) is 1. The van der Waals surface area contributed by atoms with Gasteiger partial charge in [-0.15, -0.1) is 11.3 Å². The molecule has 2 saturated heterocycles. The molecular formula is C14H20N2OS. The summed E-state index contributed by atoms with van der Waals surface area (Å²) in [6.45, 7) is 2.91. The number of hydrogen-bond acceptors (Lipinski definition) is 3. The highest BCUT2D eigenvalue weighted by Gasteiger charge is 2.37. The fourth-order valence-corrected chi connectivity index (χ4v) is 4.07. The van der Waals surface area contributed by atoms with Crippen molar-refractivity contribution in [3.05, 3.63) is 22.4 Å². The summed E-state index contributed by atoms with van der Waals surface area (Å²) in [6, 6.07) is 5.60. The minimum atomic E-state index is 0.221. The Bertz CT molecular complexity index is 405. The number of carbonyl (C=O) groups is 1. The van der Waals surface area contributed by atoms with E-state index in [0.717, 1.165) is 24.3 Å². The van der Waals surface area contributed by atoms with Crippen molar-refractivity contribution in [1.82, 2.24) is 10.2 Å². The Morgan fingerprint density at radius 2 is 2.17 bits per heavy atom. The molecule has 1 N–H and O–H groups in total. The molecule has 2 aliphatic rings. The van der Waals surface area contributed by atoms with Gasteiger partial charge in [-0.25, -0.2) is 0 Å². The van der Waals surface area contributed by atoms with E-state index in [-0.39, 0.29) is 5.91 Å². The van der Waals surface area contributed by atoms with Crippen LogP contribution < -0.4 is 5.32 Å². The summed E-state index contributed by atoms with van der Waals surface area (Å²) in [5.74, 6) is 0.221. The van der Waals surface area contributed by atoms with Gasteiger partial charge in [0.05, 0.1) is 4.88 Å². The SMILES string of the molecule is CCN(C(=O)c1cccs1)C1CC2CCC(C1)N2. The first-order valence-electron chi connectivity index (χ1n) is 6.88. The number of nitrogens with one attached hydrogen (secondary N) is 1. The van der Waals surface area contributed by atoms with Gasteiger partial charge in [0.15, 0.2) is 0 Å². The summed E-state index contributed by atoms with van der Waals surface area (Å²) in [5.41, 5.74) is 0. The second-order valence-corrected chi connectivity index (χ2v) is 6.28. The minimum Gasteiger partial charge on any atom is -0.335 e. The summed E-state index contributed by atoms with van der Waals surface area (Å²) in [6.07, 6.45) is 4.82. The zero-order valence-corrected chi connectivity index (χ0v) is 11.6. The molecule has 0 spiro atoms.